The molecular weight excluding hydrogens is 479 g/mol. The summed E-state index contributed by atoms with van der Waals surface area (Å²) in [5, 5.41) is 6.10. The zero-order valence-corrected chi connectivity index (χ0v) is 19.7. The smallest absolute Gasteiger partial charge is 0.221 e. The van der Waals surface area contributed by atoms with Crippen molar-refractivity contribution in [2.24, 2.45) is 4.99 Å². The highest BCUT2D eigenvalue weighted by Crippen LogP contribution is 2.10. The van der Waals surface area contributed by atoms with Crippen molar-refractivity contribution in [3.05, 3.63) is 60.2 Å². The number of aliphatic imine (C=N–C) groups is 1. The summed E-state index contributed by atoms with van der Waals surface area (Å²) < 4.78 is 5.76. The van der Waals surface area contributed by atoms with Crippen LogP contribution in [0.1, 0.15) is 19.4 Å². The number of amides is 1. The molecule has 2 aromatic carbocycles. The third-order valence-corrected chi connectivity index (χ3v) is 4.07. The fourth-order valence-electron chi connectivity index (χ4n) is 2.64. The van der Waals surface area contributed by atoms with Crippen LogP contribution in [-0.2, 0) is 11.2 Å². The molecule has 2 rings (SSSR count). The number of carbonyl (C=O) groups excluding carboxylic acids is 1. The van der Waals surface area contributed by atoms with Gasteiger partial charge in [0.1, 0.15) is 12.4 Å². The molecule has 0 spiro atoms. The number of nitrogens with zero attached hydrogens (tertiary/aromatic N) is 2. The molecular formula is C22H31IN4O2. The van der Waals surface area contributed by atoms with E-state index in [9.17, 15) is 4.79 Å². The molecule has 2 N–H and O–H groups in total. The molecule has 0 unspecified atom stereocenters. The van der Waals surface area contributed by atoms with Crippen molar-refractivity contribution in [2.75, 3.05) is 38.6 Å². The minimum Gasteiger partial charge on any atom is -0.492 e. The molecule has 2 aromatic rings. The van der Waals surface area contributed by atoms with Gasteiger partial charge in [-0.3, -0.25) is 9.79 Å². The van der Waals surface area contributed by atoms with E-state index in [1.54, 1.807) is 0 Å². The first kappa shape index (κ1) is 24.7. The van der Waals surface area contributed by atoms with E-state index in [-0.39, 0.29) is 29.9 Å². The molecule has 0 aliphatic rings. The lowest BCUT2D eigenvalue weighted by molar-refractivity contribution is -0.114. The second-order valence-electron chi connectivity index (χ2n) is 6.45. The summed E-state index contributed by atoms with van der Waals surface area (Å²) in [5.41, 5.74) is 2.00. The first-order valence-corrected chi connectivity index (χ1v) is 9.62. The molecule has 0 aliphatic carbocycles. The van der Waals surface area contributed by atoms with Gasteiger partial charge in [0, 0.05) is 32.7 Å². The lowest BCUT2D eigenvalue weighted by Gasteiger charge is -2.22. The van der Waals surface area contributed by atoms with Crippen LogP contribution in [0.15, 0.2) is 59.6 Å². The number of hydrogen-bond acceptors (Lipinski definition) is 3. The zero-order valence-electron chi connectivity index (χ0n) is 17.4. The molecule has 0 radical (unpaired) electrons. The fraction of sp³-hybridized carbons (Fsp3) is 0.364. The van der Waals surface area contributed by atoms with Crippen LogP contribution in [0.3, 0.4) is 0 Å². The standard InChI is InChI=1S/C22H30N4O2.HI/c1-4-23-22(26(3)16-17-28-21-8-6-5-7-9-21)24-15-14-19-10-12-20(13-11-19)25-18(2)27;/h5-13H,4,14-17H2,1-3H3,(H,23,24)(H,25,27);1H. The molecule has 0 fully saturated rings. The van der Waals surface area contributed by atoms with Gasteiger partial charge in [-0.2, -0.15) is 0 Å². The van der Waals surface area contributed by atoms with Gasteiger partial charge >= 0.3 is 0 Å². The van der Waals surface area contributed by atoms with Gasteiger partial charge in [0.2, 0.25) is 5.91 Å². The van der Waals surface area contributed by atoms with E-state index < -0.39 is 0 Å². The number of para-hydroxylation sites is 1. The summed E-state index contributed by atoms with van der Waals surface area (Å²) in [6.07, 6.45) is 0.837. The molecule has 158 valence electrons. The van der Waals surface area contributed by atoms with Crippen LogP contribution in [0.5, 0.6) is 5.75 Å². The zero-order chi connectivity index (χ0) is 20.2. The molecule has 7 heteroatoms. The third kappa shape index (κ3) is 9.65. The number of anilines is 1. The fourth-order valence-corrected chi connectivity index (χ4v) is 2.64. The lowest BCUT2D eigenvalue weighted by atomic mass is 10.1. The van der Waals surface area contributed by atoms with Gasteiger partial charge in [0.25, 0.3) is 0 Å². The number of hydrogen-bond donors (Lipinski definition) is 2. The summed E-state index contributed by atoms with van der Waals surface area (Å²) in [5.74, 6) is 1.68. The Morgan fingerprint density at radius 3 is 2.41 bits per heavy atom. The van der Waals surface area contributed by atoms with E-state index in [1.165, 1.54) is 12.5 Å². The van der Waals surface area contributed by atoms with Gasteiger partial charge in [-0.15, -0.1) is 24.0 Å². The number of rotatable bonds is 9. The van der Waals surface area contributed by atoms with Crippen molar-refractivity contribution in [1.82, 2.24) is 10.2 Å². The monoisotopic (exact) mass is 510 g/mol. The van der Waals surface area contributed by atoms with Crippen molar-refractivity contribution in [2.45, 2.75) is 20.3 Å². The summed E-state index contributed by atoms with van der Waals surface area (Å²) >= 11 is 0. The first-order chi connectivity index (χ1) is 13.6. The number of likely N-dealkylation sites (N-methyl/N-ethyl adjacent to an activating group) is 1. The number of nitrogens with one attached hydrogen (secondary N) is 2. The maximum atomic E-state index is 11.1. The van der Waals surface area contributed by atoms with Crippen LogP contribution in [-0.4, -0.2) is 50.1 Å². The van der Waals surface area contributed by atoms with Gasteiger partial charge in [-0.25, -0.2) is 0 Å². The van der Waals surface area contributed by atoms with Gasteiger partial charge < -0.3 is 20.3 Å². The lowest BCUT2D eigenvalue weighted by Crippen LogP contribution is -2.41. The Balaban J connectivity index is 0.00000420. The SMILES string of the molecule is CCNC(=NCCc1ccc(NC(C)=O)cc1)N(C)CCOc1ccccc1.I. The highest BCUT2D eigenvalue weighted by Gasteiger charge is 2.06. The number of halogens is 1. The van der Waals surface area contributed by atoms with E-state index in [0.29, 0.717) is 13.2 Å². The number of ether oxygens (including phenoxy) is 1. The van der Waals surface area contributed by atoms with Gasteiger partial charge in [-0.1, -0.05) is 30.3 Å². The molecule has 0 bridgehead atoms. The molecule has 29 heavy (non-hydrogen) atoms. The molecule has 0 saturated heterocycles. The van der Waals surface area contributed by atoms with E-state index in [1.807, 2.05) is 61.6 Å². The van der Waals surface area contributed by atoms with Gasteiger partial charge in [-0.05, 0) is 43.2 Å². The molecule has 0 saturated carbocycles. The van der Waals surface area contributed by atoms with Crippen LogP contribution >= 0.6 is 24.0 Å². The van der Waals surface area contributed by atoms with E-state index in [0.717, 1.165) is 36.9 Å². The van der Waals surface area contributed by atoms with Crippen LogP contribution in [0, 0.1) is 0 Å². The van der Waals surface area contributed by atoms with E-state index >= 15 is 0 Å². The van der Waals surface area contributed by atoms with Crippen molar-refractivity contribution in [3.8, 4) is 5.75 Å². The molecule has 1 amide bonds. The molecule has 0 aromatic heterocycles. The number of benzene rings is 2. The topological polar surface area (TPSA) is 66.0 Å². The average molecular weight is 510 g/mol. The Hall–Kier alpha value is -2.29. The Morgan fingerprint density at radius 2 is 1.79 bits per heavy atom. The normalized spacial score (nSPS) is 10.7. The van der Waals surface area contributed by atoms with Crippen LogP contribution < -0.4 is 15.4 Å². The van der Waals surface area contributed by atoms with E-state index in [4.69, 9.17) is 9.73 Å². The number of carbonyl (C=O) groups is 1. The quantitative estimate of drug-likeness (QED) is 0.306. The summed E-state index contributed by atoms with van der Waals surface area (Å²) in [6.45, 7) is 6.40. The molecule has 0 aliphatic heterocycles. The molecule has 0 heterocycles. The second kappa shape index (κ2) is 13.8. The number of guanidine groups is 1. The summed E-state index contributed by atoms with van der Waals surface area (Å²) in [4.78, 5) is 17.9. The average Bonchev–Trinajstić information content (AvgIpc) is 2.69. The van der Waals surface area contributed by atoms with Crippen molar-refractivity contribution in [3.63, 3.8) is 0 Å². The Labute approximate surface area is 190 Å². The van der Waals surface area contributed by atoms with Crippen molar-refractivity contribution in [1.29, 1.82) is 0 Å². The third-order valence-electron chi connectivity index (χ3n) is 4.07. The first-order valence-electron chi connectivity index (χ1n) is 9.62. The minimum absolute atomic E-state index is 0. The Bertz CT molecular complexity index is 751. The second-order valence-corrected chi connectivity index (χ2v) is 6.45. The predicted molar refractivity (Wildman–Crippen MR) is 130 cm³/mol. The Kier molecular flexibility index (Phi) is 11.8. The minimum atomic E-state index is -0.0630. The highest BCUT2D eigenvalue weighted by molar-refractivity contribution is 14.0. The van der Waals surface area contributed by atoms with Crippen LogP contribution in [0.25, 0.3) is 0 Å². The largest absolute Gasteiger partial charge is 0.492 e. The van der Waals surface area contributed by atoms with Gasteiger partial charge in [0.05, 0.1) is 6.54 Å². The van der Waals surface area contributed by atoms with E-state index in [2.05, 4.69) is 22.5 Å². The summed E-state index contributed by atoms with van der Waals surface area (Å²) in [7, 11) is 2.01. The molecule has 0 atom stereocenters. The predicted octanol–water partition coefficient (Wildman–Crippen LogP) is 3.78. The van der Waals surface area contributed by atoms with Crippen molar-refractivity contribution < 1.29 is 9.53 Å². The summed E-state index contributed by atoms with van der Waals surface area (Å²) in [6, 6.07) is 17.7. The highest BCUT2D eigenvalue weighted by atomic mass is 127. The van der Waals surface area contributed by atoms with Crippen LogP contribution in [0.4, 0.5) is 5.69 Å². The molecule has 6 nitrogen and oxygen atoms in total. The van der Waals surface area contributed by atoms with Gasteiger partial charge in [0.15, 0.2) is 5.96 Å². The van der Waals surface area contributed by atoms with Crippen LogP contribution in [0.2, 0.25) is 0 Å². The maximum Gasteiger partial charge on any atom is 0.221 e. The Morgan fingerprint density at radius 1 is 1.10 bits per heavy atom. The van der Waals surface area contributed by atoms with Crippen molar-refractivity contribution >= 4 is 41.5 Å². The maximum absolute atomic E-state index is 11.1.